The van der Waals surface area contributed by atoms with Crippen molar-refractivity contribution >= 4 is 56.9 Å². The fourth-order valence-corrected chi connectivity index (χ4v) is 2.55. The third kappa shape index (κ3) is 7.92. The Labute approximate surface area is 180 Å². The second kappa shape index (κ2) is 11.2. The lowest BCUT2D eigenvalue weighted by Crippen LogP contribution is -2.43. The fourth-order valence-electron chi connectivity index (χ4n) is 2.07. The summed E-state index contributed by atoms with van der Waals surface area (Å²) in [5.41, 5.74) is 5.05. The van der Waals surface area contributed by atoms with Crippen LogP contribution in [0.4, 0.5) is 5.69 Å². The van der Waals surface area contributed by atoms with Gasteiger partial charge < -0.3 is 10.1 Å². The van der Waals surface area contributed by atoms with E-state index in [0.29, 0.717) is 5.69 Å². The Bertz CT molecular complexity index is 905. The van der Waals surface area contributed by atoms with Gasteiger partial charge in [-0.2, -0.15) is 0 Å². The van der Waals surface area contributed by atoms with Crippen LogP contribution in [0.3, 0.4) is 0 Å². The number of hydrazine groups is 1. The van der Waals surface area contributed by atoms with Crippen LogP contribution in [-0.4, -0.2) is 30.3 Å². The number of nitrogens with one attached hydrogen (secondary N) is 3. The molecule has 0 atom stereocenters. The molecule has 2 aromatic carbocycles. The lowest BCUT2D eigenvalue weighted by Gasteiger charge is -2.09. The molecule has 0 saturated carbocycles. The first kappa shape index (κ1) is 22.4. The van der Waals surface area contributed by atoms with Crippen molar-refractivity contribution in [1.29, 1.82) is 0 Å². The smallest absolute Gasteiger partial charge is 0.306 e. The predicted octanol–water partition coefficient (Wildman–Crippen LogP) is 2.83. The van der Waals surface area contributed by atoms with Crippen LogP contribution < -0.4 is 16.2 Å². The highest BCUT2D eigenvalue weighted by atomic mass is 79.9. The maximum absolute atomic E-state index is 11.9. The highest BCUT2D eigenvalue weighted by Gasteiger charge is 2.13. The maximum Gasteiger partial charge on any atom is 0.306 e. The van der Waals surface area contributed by atoms with Crippen molar-refractivity contribution in [2.24, 2.45) is 0 Å². The topological polar surface area (TPSA) is 114 Å². The Morgan fingerprint density at radius 3 is 2.28 bits per heavy atom. The molecule has 2 rings (SSSR count). The Morgan fingerprint density at radius 1 is 0.897 bits per heavy atom. The van der Waals surface area contributed by atoms with Gasteiger partial charge >= 0.3 is 5.97 Å². The molecule has 3 N–H and O–H groups in total. The van der Waals surface area contributed by atoms with E-state index in [1.54, 1.807) is 36.4 Å². The molecular weight excluding hydrogens is 466 g/mol. The molecule has 2 aromatic rings. The zero-order chi connectivity index (χ0) is 21.2. The van der Waals surface area contributed by atoms with E-state index in [1.807, 2.05) is 0 Å². The number of ether oxygens (including phenoxy) is 1. The number of amides is 3. The summed E-state index contributed by atoms with van der Waals surface area (Å²) >= 11 is 9.17. The van der Waals surface area contributed by atoms with Gasteiger partial charge in [-0.25, -0.2) is 0 Å². The summed E-state index contributed by atoms with van der Waals surface area (Å²) in [5, 5.41) is 2.87. The van der Waals surface area contributed by atoms with Crippen molar-refractivity contribution < 1.29 is 23.9 Å². The third-order valence-electron chi connectivity index (χ3n) is 3.48. The second-order valence-electron chi connectivity index (χ2n) is 5.70. The molecule has 0 saturated heterocycles. The van der Waals surface area contributed by atoms with Gasteiger partial charge in [0.15, 0.2) is 6.61 Å². The van der Waals surface area contributed by atoms with Gasteiger partial charge in [0.1, 0.15) is 0 Å². The molecule has 0 aromatic heterocycles. The van der Waals surface area contributed by atoms with Crippen LogP contribution in [-0.2, 0) is 19.1 Å². The Hall–Kier alpha value is -2.91. The highest BCUT2D eigenvalue weighted by molar-refractivity contribution is 9.10. The van der Waals surface area contributed by atoms with E-state index in [9.17, 15) is 19.2 Å². The summed E-state index contributed by atoms with van der Waals surface area (Å²) in [6.45, 7) is -0.601. The number of benzene rings is 2. The van der Waals surface area contributed by atoms with Crippen molar-refractivity contribution in [3.05, 3.63) is 63.6 Å². The third-order valence-corrected chi connectivity index (χ3v) is 4.34. The molecule has 0 aliphatic heterocycles. The summed E-state index contributed by atoms with van der Waals surface area (Å²) in [6, 6.07) is 13.3. The first-order valence-electron chi connectivity index (χ1n) is 8.40. The van der Waals surface area contributed by atoms with Crippen LogP contribution in [0.1, 0.15) is 23.2 Å². The van der Waals surface area contributed by atoms with Gasteiger partial charge in [0, 0.05) is 16.6 Å². The van der Waals surface area contributed by atoms with Crippen LogP contribution >= 0.6 is 27.5 Å². The molecule has 10 heteroatoms. The Balaban J connectivity index is 1.64. The van der Waals surface area contributed by atoms with Gasteiger partial charge in [-0.3, -0.25) is 30.0 Å². The first-order chi connectivity index (χ1) is 13.8. The minimum absolute atomic E-state index is 0.0975. The molecule has 0 spiro atoms. The standard InChI is InChI=1S/C19H17BrClN3O5/c20-12-5-7-13(8-6-12)22-16(25)9-10-18(27)29-11-17(26)23-24-19(28)14-3-1-2-4-15(14)21/h1-8H,9-11H2,(H,22,25)(H,23,26)(H,24,28). The van der Waals surface area contributed by atoms with Crippen molar-refractivity contribution in [1.82, 2.24) is 10.9 Å². The van der Waals surface area contributed by atoms with E-state index in [2.05, 4.69) is 32.1 Å². The largest absolute Gasteiger partial charge is 0.455 e. The monoisotopic (exact) mass is 481 g/mol. The molecule has 0 heterocycles. The van der Waals surface area contributed by atoms with Crippen LogP contribution in [0.15, 0.2) is 53.0 Å². The van der Waals surface area contributed by atoms with Crippen molar-refractivity contribution in [2.45, 2.75) is 12.8 Å². The van der Waals surface area contributed by atoms with E-state index < -0.39 is 24.4 Å². The van der Waals surface area contributed by atoms with Gasteiger partial charge in [0.2, 0.25) is 5.91 Å². The molecule has 152 valence electrons. The Morgan fingerprint density at radius 2 is 1.59 bits per heavy atom. The second-order valence-corrected chi connectivity index (χ2v) is 7.02. The average Bonchev–Trinajstić information content (AvgIpc) is 2.71. The van der Waals surface area contributed by atoms with Gasteiger partial charge in [0.25, 0.3) is 11.8 Å². The summed E-state index contributed by atoms with van der Waals surface area (Å²) in [7, 11) is 0. The quantitative estimate of drug-likeness (QED) is 0.415. The van der Waals surface area contributed by atoms with Gasteiger partial charge in [0.05, 0.1) is 17.0 Å². The van der Waals surface area contributed by atoms with E-state index in [0.717, 1.165) is 4.47 Å². The lowest BCUT2D eigenvalue weighted by molar-refractivity contribution is -0.149. The number of rotatable bonds is 7. The molecule has 29 heavy (non-hydrogen) atoms. The number of carbonyl (C=O) groups excluding carboxylic acids is 4. The summed E-state index contributed by atoms with van der Waals surface area (Å²) in [4.78, 5) is 47.0. The van der Waals surface area contributed by atoms with Crippen LogP contribution in [0, 0.1) is 0 Å². The summed E-state index contributed by atoms with van der Waals surface area (Å²) in [5.74, 6) is -2.43. The van der Waals surface area contributed by atoms with Crippen LogP contribution in [0.25, 0.3) is 0 Å². The van der Waals surface area contributed by atoms with E-state index >= 15 is 0 Å². The van der Waals surface area contributed by atoms with Crippen LogP contribution in [0.5, 0.6) is 0 Å². The zero-order valence-corrected chi connectivity index (χ0v) is 17.4. The SMILES string of the molecule is O=C(COC(=O)CCC(=O)Nc1ccc(Br)cc1)NNC(=O)c1ccccc1Cl. The molecule has 0 aliphatic carbocycles. The number of anilines is 1. The van der Waals surface area contributed by atoms with Crippen molar-refractivity contribution in [2.75, 3.05) is 11.9 Å². The van der Waals surface area contributed by atoms with Gasteiger partial charge in [-0.05, 0) is 36.4 Å². The molecule has 0 fully saturated rings. The minimum Gasteiger partial charge on any atom is -0.455 e. The first-order valence-corrected chi connectivity index (χ1v) is 9.57. The number of hydrogen-bond donors (Lipinski definition) is 3. The molecule has 0 bridgehead atoms. The van der Waals surface area contributed by atoms with Gasteiger partial charge in [-0.15, -0.1) is 0 Å². The van der Waals surface area contributed by atoms with Crippen molar-refractivity contribution in [3.8, 4) is 0 Å². The average molecular weight is 483 g/mol. The molecule has 0 unspecified atom stereocenters. The summed E-state index contributed by atoms with van der Waals surface area (Å²) in [6.07, 6.45) is -0.290. The normalized spacial score (nSPS) is 10.0. The number of carbonyl (C=O) groups is 4. The molecular formula is C19H17BrClN3O5. The number of hydrogen-bond acceptors (Lipinski definition) is 5. The number of halogens is 2. The molecule has 8 nitrogen and oxygen atoms in total. The molecule has 3 amide bonds. The van der Waals surface area contributed by atoms with E-state index in [-0.39, 0.29) is 29.3 Å². The fraction of sp³-hybridized carbons (Fsp3) is 0.158. The Kier molecular flexibility index (Phi) is 8.63. The van der Waals surface area contributed by atoms with E-state index in [4.69, 9.17) is 16.3 Å². The molecule has 0 aliphatic rings. The number of esters is 1. The lowest BCUT2D eigenvalue weighted by atomic mass is 10.2. The predicted molar refractivity (Wildman–Crippen MR) is 110 cm³/mol. The maximum atomic E-state index is 11.9. The zero-order valence-electron chi connectivity index (χ0n) is 15.0. The molecule has 0 radical (unpaired) electrons. The van der Waals surface area contributed by atoms with E-state index in [1.165, 1.54) is 12.1 Å². The minimum atomic E-state index is -0.738. The summed E-state index contributed by atoms with van der Waals surface area (Å²) < 4.78 is 5.64. The highest BCUT2D eigenvalue weighted by Crippen LogP contribution is 2.15. The van der Waals surface area contributed by atoms with Crippen LogP contribution in [0.2, 0.25) is 5.02 Å². The van der Waals surface area contributed by atoms with Crippen molar-refractivity contribution in [3.63, 3.8) is 0 Å². The van der Waals surface area contributed by atoms with Gasteiger partial charge in [-0.1, -0.05) is 39.7 Å².